The standard InChI is InChI=1S/C12H14ClN3/c13-10-3-4-12-9(6-10)7-15-16(12)8-11-2-1-5-14-11/h3-4,6-7,11,14H,1-2,5,8H2. The number of fused-ring (bicyclic) bond motifs is 1. The molecule has 1 aromatic heterocycles. The van der Waals surface area contributed by atoms with Crippen molar-refractivity contribution in [2.45, 2.75) is 25.4 Å². The van der Waals surface area contributed by atoms with Crippen LogP contribution in [0.3, 0.4) is 0 Å². The van der Waals surface area contributed by atoms with Gasteiger partial charge in [-0.05, 0) is 37.6 Å². The number of aromatic nitrogens is 2. The van der Waals surface area contributed by atoms with E-state index in [1.807, 2.05) is 24.4 Å². The Balaban J connectivity index is 1.91. The van der Waals surface area contributed by atoms with Gasteiger partial charge in [0.25, 0.3) is 0 Å². The highest BCUT2D eigenvalue weighted by atomic mass is 35.5. The molecule has 1 fully saturated rings. The summed E-state index contributed by atoms with van der Waals surface area (Å²) in [6.07, 6.45) is 4.40. The van der Waals surface area contributed by atoms with Crippen LogP contribution in [0.1, 0.15) is 12.8 Å². The van der Waals surface area contributed by atoms with Crippen molar-refractivity contribution >= 4 is 22.5 Å². The molecule has 2 aromatic rings. The number of nitrogens with zero attached hydrogens (tertiary/aromatic N) is 2. The molecule has 0 aliphatic carbocycles. The van der Waals surface area contributed by atoms with Crippen LogP contribution >= 0.6 is 11.6 Å². The number of nitrogens with one attached hydrogen (secondary N) is 1. The molecule has 1 aliphatic heterocycles. The van der Waals surface area contributed by atoms with Crippen LogP contribution < -0.4 is 5.32 Å². The zero-order valence-electron chi connectivity index (χ0n) is 8.99. The van der Waals surface area contributed by atoms with Crippen LogP contribution in [-0.4, -0.2) is 22.4 Å². The molecule has 1 saturated heterocycles. The highest BCUT2D eigenvalue weighted by Crippen LogP contribution is 2.19. The van der Waals surface area contributed by atoms with Crippen molar-refractivity contribution in [3.63, 3.8) is 0 Å². The lowest BCUT2D eigenvalue weighted by atomic mass is 10.2. The quantitative estimate of drug-likeness (QED) is 0.867. The molecule has 3 rings (SSSR count). The molecule has 1 N–H and O–H groups in total. The summed E-state index contributed by atoms with van der Waals surface area (Å²) in [6.45, 7) is 2.08. The third-order valence-electron chi connectivity index (χ3n) is 3.16. The summed E-state index contributed by atoms with van der Waals surface area (Å²) in [5, 5.41) is 9.79. The van der Waals surface area contributed by atoms with Crippen molar-refractivity contribution in [2.75, 3.05) is 6.54 Å². The molecule has 1 aromatic carbocycles. The van der Waals surface area contributed by atoms with Crippen LogP contribution in [0.25, 0.3) is 10.9 Å². The number of rotatable bonds is 2. The summed E-state index contributed by atoms with van der Waals surface area (Å²) in [7, 11) is 0. The molecule has 1 unspecified atom stereocenters. The molecule has 3 nitrogen and oxygen atoms in total. The predicted octanol–water partition coefficient (Wildman–Crippen LogP) is 2.44. The van der Waals surface area contributed by atoms with Crippen molar-refractivity contribution in [3.8, 4) is 0 Å². The van der Waals surface area contributed by atoms with E-state index in [0.29, 0.717) is 6.04 Å². The SMILES string of the molecule is Clc1ccc2c(cnn2CC2CCCN2)c1. The van der Waals surface area contributed by atoms with Crippen molar-refractivity contribution in [1.82, 2.24) is 15.1 Å². The summed E-state index contributed by atoms with van der Waals surface area (Å²) in [6, 6.07) is 6.49. The second kappa shape index (κ2) is 4.07. The third kappa shape index (κ3) is 1.81. The largest absolute Gasteiger partial charge is 0.312 e. The Kier molecular flexibility index (Phi) is 2.58. The number of halogens is 1. The summed E-state index contributed by atoms with van der Waals surface area (Å²) < 4.78 is 2.06. The second-order valence-corrected chi connectivity index (χ2v) is 4.76. The third-order valence-corrected chi connectivity index (χ3v) is 3.39. The first-order valence-electron chi connectivity index (χ1n) is 5.67. The molecular weight excluding hydrogens is 222 g/mol. The number of hydrogen-bond donors (Lipinski definition) is 1. The van der Waals surface area contributed by atoms with Gasteiger partial charge >= 0.3 is 0 Å². The highest BCUT2D eigenvalue weighted by Gasteiger charge is 2.15. The van der Waals surface area contributed by atoms with Gasteiger partial charge in [-0.15, -0.1) is 0 Å². The van der Waals surface area contributed by atoms with Crippen LogP contribution in [0, 0.1) is 0 Å². The average Bonchev–Trinajstić information content (AvgIpc) is 2.89. The fourth-order valence-corrected chi connectivity index (χ4v) is 2.51. The highest BCUT2D eigenvalue weighted by molar-refractivity contribution is 6.31. The van der Waals surface area contributed by atoms with Crippen LogP contribution in [0.2, 0.25) is 5.02 Å². The fourth-order valence-electron chi connectivity index (χ4n) is 2.32. The van der Waals surface area contributed by atoms with E-state index in [-0.39, 0.29) is 0 Å². The van der Waals surface area contributed by atoms with Gasteiger partial charge in [0, 0.05) is 16.5 Å². The van der Waals surface area contributed by atoms with Gasteiger partial charge in [-0.1, -0.05) is 11.6 Å². The monoisotopic (exact) mass is 235 g/mol. The minimum Gasteiger partial charge on any atom is -0.312 e. The smallest absolute Gasteiger partial charge is 0.0684 e. The first-order chi connectivity index (χ1) is 7.83. The molecule has 0 radical (unpaired) electrons. The zero-order valence-corrected chi connectivity index (χ0v) is 9.74. The first-order valence-corrected chi connectivity index (χ1v) is 6.05. The molecule has 0 spiro atoms. The van der Waals surface area contributed by atoms with Gasteiger partial charge in [-0.3, -0.25) is 4.68 Å². The van der Waals surface area contributed by atoms with E-state index in [4.69, 9.17) is 11.6 Å². The maximum Gasteiger partial charge on any atom is 0.0684 e. The molecule has 16 heavy (non-hydrogen) atoms. The Morgan fingerprint density at radius 1 is 1.50 bits per heavy atom. The molecule has 4 heteroatoms. The zero-order chi connectivity index (χ0) is 11.0. The Morgan fingerprint density at radius 2 is 2.44 bits per heavy atom. The summed E-state index contributed by atoms with van der Waals surface area (Å²) in [5.74, 6) is 0. The molecule has 0 bridgehead atoms. The van der Waals surface area contributed by atoms with Crippen molar-refractivity contribution < 1.29 is 0 Å². The summed E-state index contributed by atoms with van der Waals surface area (Å²) in [4.78, 5) is 0. The number of benzene rings is 1. The maximum absolute atomic E-state index is 5.95. The van der Waals surface area contributed by atoms with E-state index in [0.717, 1.165) is 29.0 Å². The first kappa shape index (κ1) is 10.1. The van der Waals surface area contributed by atoms with Gasteiger partial charge < -0.3 is 5.32 Å². The second-order valence-electron chi connectivity index (χ2n) is 4.32. The van der Waals surface area contributed by atoms with Gasteiger partial charge in [0.15, 0.2) is 0 Å². The van der Waals surface area contributed by atoms with Gasteiger partial charge in [0.2, 0.25) is 0 Å². The van der Waals surface area contributed by atoms with E-state index in [2.05, 4.69) is 15.1 Å². The van der Waals surface area contributed by atoms with Gasteiger partial charge in [-0.25, -0.2) is 0 Å². The average molecular weight is 236 g/mol. The molecule has 84 valence electrons. The van der Waals surface area contributed by atoms with E-state index in [1.54, 1.807) is 0 Å². The molecular formula is C12H14ClN3. The van der Waals surface area contributed by atoms with Crippen LogP contribution in [-0.2, 0) is 6.54 Å². The topological polar surface area (TPSA) is 29.9 Å². The fraction of sp³-hybridized carbons (Fsp3) is 0.417. The van der Waals surface area contributed by atoms with E-state index in [9.17, 15) is 0 Å². The van der Waals surface area contributed by atoms with Crippen LogP contribution in [0.5, 0.6) is 0 Å². The van der Waals surface area contributed by atoms with Gasteiger partial charge in [-0.2, -0.15) is 5.10 Å². The number of hydrogen-bond acceptors (Lipinski definition) is 2. The lowest BCUT2D eigenvalue weighted by Gasteiger charge is -2.10. The Bertz CT molecular complexity index is 500. The Morgan fingerprint density at radius 3 is 3.25 bits per heavy atom. The summed E-state index contributed by atoms with van der Waals surface area (Å²) >= 11 is 5.95. The van der Waals surface area contributed by atoms with Crippen molar-refractivity contribution in [1.29, 1.82) is 0 Å². The molecule has 1 atom stereocenters. The molecule has 0 saturated carbocycles. The van der Waals surface area contributed by atoms with Gasteiger partial charge in [0.1, 0.15) is 0 Å². The Hall–Kier alpha value is -1.06. The summed E-state index contributed by atoms with van der Waals surface area (Å²) in [5.41, 5.74) is 1.16. The minimum absolute atomic E-state index is 0.568. The molecule has 0 amide bonds. The molecule has 1 aliphatic rings. The lowest BCUT2D eigenvalue weighted by molar-refractivity contribution is 0.486. The van der Waals surface area contributed by atoms with Crippen LogP contribution in [0.4, 0.5) is 0 Å². The maximum atomic E-state index is 5.95. The van der Waals surface area contributed by atoms with E-state index < -0.39 is 0 Å². The van der Waals surface area contributed by atoms with Crippen LogP contribution in [0.15, 0.2) is 24.4 Å². The Labute approximate surface area is 99.4 Å². The minimum atomic E-state index is 0.568. The van der Waals surface area contributed by atoms with Crippen molar-refractivity contribution in [2.24, 2.45) is 0 Å². The van der Waals surface area contributed by atoms with E-state index >= 15 is 0 Å². The van der Waals surface area contributed by atoms with E-state index in [1.165, 1.54) is 12.8 Å². The van der Waals surface area contributed by atoms with Crippen molar-refractivity contribution in [3.05, 3.63) is 29.4 Å². The normalized spacial score (nSPS) is 20.7. The molecule has 2 heterocycles. The predicted molar refractivity (Wildman–Crippen MR) is 65.8 cm³/mol. The van der Waals surface area contributed by atoms with Gasteiger partial charge in [0.05, 0.1) is 18.3 Å². The lowest BCUT2D eigenvalue weighted by Crippen LogP contribution is -2.27.